The largest absolute Gasteiger partial charge is 0.469 e. The van der Waals surface area contributed by atoms with Gasteiger partial charge in [-0.05, 0) is 37.5 Å². The number of nitrogens with zero attached hydrogens (tertiary/aromatic N) is 1. The number of amides is 3. The molecule has 0 spiro atoms. The van der Waals surface area contributed by atoms with E-state index in [1.807, 2.05) is 19.1 Å². The Morgan fingerprint density at radius 3 is 3.00 bits per heavy atom. The van der Waals surface area contributed by atoms with Crippen molar-refractivity contribution in [3.8, 4) is 0 Å². The maximum Gasteiger partial charge on any atom is 0.315 e. The minimum atomic E-state index is -0.277. The fourth-order valence-corrected chi connectivity index (χ4v) is 2.88. The van der Waals surface area contributed by atoms with E-state index in [1.54, 1.807) is 18.5 Å². The fourth-order valence-electron chi connectivity index (χ4n) is 2.88. The molecule has 7 nitrogen and oxygen atoms in total. The molecular weight excluding hydrogens is 320 g/mol. The summed E-state index contributed by atoms with van der Waals surface area (Å²) in [6, 6.07) is 5.22. The smallest absolute Gasteiger partial charge is 0.315 e. The Balaban J connectivity index is 1.40. The van der Waals surface area contributed by atoms with E-state index in [2.05, 4.69) is 20.9 Å². The maximum atomic E-state index is 12.0. The highest BCUT2D eigenvalue weighted by Gasteiger charge is 2.23. The minimum absolute atomic E-state index is 0.0342. The first kappa shape index (κ1) is 17.0. The Hall–Kier alpha value is -2.83. The van der Waals surface area contributed by atoms with Crippen LogP contribution in [-0.4, -0.2) is 23.5 Å². The Morgan fingerprint density at radius 1 is 1.32 bits per heavy atom. The van der Waals surface area contributed by atoms with Gasteiger partial charge in [-0.25, -0.2) is 9.78 Å². The molecule has 2 heterocycles. The molecule has 0 radical (unpaired) electrons. The third-order valence-corrected chi connectivity index (χ3v) is 4.17. The van der Waals surface area contributed by atoms with Crippen LogP contribution in [0.15, 0.2) is 35.1 Å². The molecule has 1 aliphatic rings. The number of hydrogen-bond donors (Lipinski definition) is 3. The molecule has 3 N–H and O–H groups in total. The van der Waals surface area contributed by atoms with Crippen molar-refractivity contribution in [2.45, 2.75) is 38.6 Å². The number of aromatic nitrogens is 1. The summed E-state index contributed by atoms with van der Waals surface area (Å²) >= 11 is 0. The summed E-state index contributed by atoms with van der Waals surface area (Å²) in [5, 5.41) is 8.35. The van der Waals surface area contributed by atoms with Gasteiger partial charge in [-0.15, -0.1) is 0 Å². The first-order chi connectivity index (χ1) is 12.1. The van der Waals surface area contributed by atoms with Gasteiger partial charge in [0.25, 0.3) is 0 Å². The van der Waals surface area contributed by atoms with Gasteiger partial charge in [0.05, 0.1) is 12.3 Å². The van der Waals surface area contributed by atoms with Crippen molar-refractivity contribution < 1.29 is 14.0 Å². The van der Waals surface area contributed by atoms with Crippen LogP contribution in [0.4, 0.5) is 10.6 Å². The van der Waals surface area contributed by atoms with Crippen molar-refractivity contribution >= 4 is 17.8 Å². The summed E-state index contributed by atoms with van der Waals surface area (Å²) in [7, 11) is 0. The number of nitrogens with one attached hydrogen (secondary N) is 3. The highest BCUT2D eigenvalue weighted by atomic mass is 16.3. The van der Waals surface area contributed by atoms with Crippen LogP contribution in [0.2, 0.25) is 0 Å². The molecule has 3 amide bonds. The molecule has 132 valence electrons. The first-order valence-corrected chi connectivity index (χ1v) is 8.45. The zero-order valence-corrected chi connectivity index (χ0v) is 14.2. The van der Waals surface area contributed by atoms with Crippen LogP contribution >= 0.6 is 0 Å². The lowest BCUT2D eigenvalue weighted by Gasteiger charge is -2.22. The molecule has 7 heteroatoms. The van der Waals surface area contributed by atoms with E-state index in [0.29, 0.717) is 5.82 Å². The zero-order valence-electron chi connectivity index (χ0n) is 14.2. The third-order valence-electron chi connectivity index (χ3n) is 4.17. The van der Waals surface area contributed by atoms with Crippen molar-refractivity contribution in [2.24, 2.45) is 0 Å². The topological polar surface area (TPSA) is 96.3 Å². The van der Waals surface area contributed by atoms with Gasteiger partial charge in [0.2, 0.25) is 5.91 Å². The minimum Gasteiger partial charge on any atom is -0.469 e. The number of furan rings is 1. The highest BCUT2D eigenvalue weighted by molar-refractivity contribution is 5.90. The van der Waals surface area contributed by atoms with Crippen LogP contribution in [-0.2, 0) is 11.2 Å². The fraction of sp³-hybridized carbons (Fsp3) is 0.389. The summed E-state index contributed by atoms with van der Waals surface area (Å²) in [5.74, 6) is 1.27. The van der Waals surface area contributed by atoms with Crippen LogP contribution in [0, 0.1) is 6.92 Å². The lowest BCUT2D eigenvalue weighted by atomic mass is 9.93. The number of carbonyl (C=O) groups excluding carboxylic acids is 2. The van der Waals surface area contributed by atoms with Gasteiger partial charge in [-0.2, -0.15) is 0 Å². The molecule has 3 rings (SSSR count). The number of anilines is 1. The van der Waals surface area contributed by atoms with Crippen molar-refractivity contribution in [1.29, 1.82) is 0 Å². The van der Waals surface area contributed by atoms with Crippen LogP contribution in [0.25, 0.3) is 0 Å². The van der Waals surface area contributed by atoms with Crippen molar-refractivity contribution in [2.75, 3.05) is 11.9 Å². The van der Waals surface area contributed by atoms with E-state index < -0.39 is 0 Å². The second-order valence-corrected chi connectivity index (χ2v) is 6.16. The Morgan fingerprint density at radius 2 is 2.20 bits per heavy atom. The number of carbonyl (C=O) groups is 2. The highest BCUT2D eigenvalue weighted by Crippen LogP contribution is 2.30. The summed E-state index contributed by atoms with van der Waals surface area (Å²) in [5.41, 5.74) is 2.07. The summed E-state index contributed by atoms with van der Waals surface area (Å²) < 4.78 is 5.41. The number of pyridine rings is 1. The SMILES string of the molecule is Cc1ccc(NC(=O)CCNC(=O)N[C@H]2CCCc3occc32)nc1. The predicted octanol–water partition coefficient (Wildman–Crippen LogP) is 2.69. The second-order valence-electron chi connectivity index (χ2n) is 6.16. The van der Waals surface area contributed by atoms with Crippen LogP contribution in [0.3, 0.4) is 0 Å². The molecule has 0 aliphatic heterocycles. The van der Waals surface area contributed by atoms with E-state index in [0.717, 1.165) is 36.1 Å². The predicted molar refractivity (Wildman–Crippen MR) is 93.1 cm³/mol. The number of hydrogen-bond acceptors (Lipinski definition) is 4. The Bertz CT molecular complexity index is 739. The van der Waals surface area contributed by atoms with Gasteiger partial charge >= 0.3 is 6.03 Å². The van der Waals surface area contributed by atoms with Crippen molar-refractivity contribution in [3.63, 3.8) is 0 Å². The molecule has 0 fully saturated rings. The van der Waals surface area contributed by atoms with E-state index in [1.165, 1.54) is 0 Å². The quantitative estimate of drug-likeness (QED) is 0.778. The molecule has 0 bridgehead atoms. The molecular formula is C18H22N4O3. The standard InChI is InChI=1S/C18H22N4O3/c1-12-5-6-16(20-11-12)22-17(23)7-9-19-18(24)21-14-3-2-4-15-13(14)8-10-25-15/h5-6,8,10-11,14H,2-4,7,9H2,1H3,(H2,19,21,24)(H,20,22,23)/t14-/m0/s1. The molecule has 25 heavy (non-hydrogen) atoms. The van der Waals surface area contributed by atoms with Crippen LogP contribution in [0.1, 0.15) is 42.2 Å². The van der Waals surface area contributed by atoms with Crippen molar-refractivity contribution in [3.05, 3.63) is 47.5 Å². The Kier molecular flexibility index (Phi) is 5.33. The summed E-state index contributed by atoms with van der Waals surface area (Å²) in [6.45, 7) is 2.19. The molecule has 0 saturated carbocycles. The Labute approximate surface area is 146 Å². The van der Waals surface area contributed by atoms with Crippen molar-refractivity contribution in [1.82, 2.24) is 15.6 Å². The summed E-state index contributed by atoms with van der Waals surface area (Å²) in [4.78, 5) is 28.0. The molecule has 2 aromatic rings. The normalized spacial score (nSPS) is 16.0. The molecule has 0 aromatic carbocycles. The summed E-state index contributed by atoms with van der Waals surface area (Å²) in [6.07, 6.45) is 6.32. The third kappa shape index (κ3) is 4.59. The molecule has 1 aliphatic carbocycles. The van der Waals surface area contributed by atoms with Crippen LogP contribution < -0.4 is 16.0 Å². The second kappa shape index (κ2) is 7.83. The average molecular weight is 342 g/mol. The van der Waals surface area contributed by atoms with E-state index >= 15 is 0 Å². The van der Waals surface area contributed by atoms with E-state index in [4.69, 9.17) is 4.42 Å². The van der Waals surface area contributed by atoms with Gasteiger partial charge in [0.1, 0.15) is 11.6 Å². The van der Waals surface area contributed by atoms with Crippen LogP contribution in [0.5, 0.6) is 0 Å². The number of rotatable bonds is 5. The van der Waals surface area contributed by atoms with Gasteiger partial charge in [-0.3, -0.25) is 4.79 Å². The van der Waals surface area contributed by atoms with Gasteiger partial charge in [-0.1, -0.05) is 6.07 Å². The lowest BCUT2D eigenvalue weighted by Crippen LogP contribution is -2.40. The number of fused-ring (bicyclic) bond motifs is 1. The lowest BCUT2D eigenvalue weighted by molar-refractivity contribution is -0.116. The molecule has 0 saturated heterocycles. The van der Waals surface area contributed by atoms with E-state index in [9.17, 15) is 9.59 Å². The molecule has 2 aromatic heterocycles. The number of urea groups is 1. The zero-order chi connectivity index (χ0) is 17.6. The van der Waals surface area contributed by atoms with Gasteiger partial charge < -0.3 is 20.4 Å². The monoisotopic (exact) mass is 342 g/mol. The van der Waals surface area contributed by atoms with Gasteiger partial charge in [0.15, 0.2) is 0 Å². The number of aryl methyl sites for hydroxylation is 2. The maximum absolute atomic E-state index is 12.0. The molecule has 1 atom stereocenters. The van der Waals surface area contributed by atoms with E-state index in [-0.39, 0.29) is 30.9 Å². The molecule has 0 unspecified atom stereocenters. The van der Waals surface area contributed by atoms with Gasteiger partial charge in [0, 0.05) is 31.1 Å². The first-order valence-electron chi connectivity index (χ1n) is 8.45. The average Bonchev–Trinajstić information content (AvgIpc) is 3.07.